The lowest BCUT2D eigenvalue weighted by molar-refractivity contribution is -0.107. The van der Waals surface area contributed by atoms with Crippen molar-refractivity contribution >= 4 is 35.3 Å². The average Bonchev–Trinajstić information content (AvgIpc) is 2.38. The molecule has 1 aromatic carbocycles. The van der Waals surface area contributed by atoms with Crippen molar-refractivity contribution in [2.75, 3.05) is 24.7 Å². The highest BCUT2D eigenvalue weighted by molar-refractivity contribution is 8.15. The summed E-state index contributed by atoms with van der Waals surface area (Å²) >= 11 is 4.98. The normalized spacial score (nSPS) is 10.2. The number of hydrogen-bond donors (Lipinski definition) is 1. The van der Waals surface area contributed by atoms with Crippen LogP contribution in [0.4, 0.5) is 0 Å². The molecule has 0 aliphatic rings. The van der Waals surface area contributed by atoms with Crippen molar-refractivity contribution in [2.45, 2.75) is 0 Å². The number of carbonyl (C=O) groups excluding carboxylic acids is 2. The zero-order chi connectivity index (χ0) is 12.5. The zero-order valence-electron chi connectivity index (χ0n) is 9.30. The van der Waals surface area contributed by atoms with E-state index < -0.39 is 10.9 Å². The molecule has 0 fully saturated rings. The van der Waals surface area contributed by atoms with Crippen LogP contribution in [0.25, 0.3) is 0 Å². The molecule has 3 nitrogen and oxygen atoms in total. The molecule has 0 aromatic heterocycles. The average molecular weight is 270 g/mol. The van der Waals surface area contributed by atoms with Gasteiger partial charge < -0.3 is 4.74 Å². The fraction of sp³-hybridized carbons (Fsp3) is 0.333. The summed E-state index contributed by atoms with van der Waals surface area (Å²) in [6.07, 6.45) is 0. The lowest BCUT2D eigenvalue weighted by Crippen LogP contribution is -2.12. The molecule has 0 N–H and O–H groups in total. The number of ketones is 1. The molecule has 1 rings (SSSR count). The molecule has 0 aliphatic carbocycles. The molecule has 0 radical (unpaired) electrons. The van der Waals surface area contributed by atoms with Gasteiger partial charge in [-0.2, -0.15) is 12.6 Å². The first-order valence-electron chi connectivity index (χ1n) is 5.21. The van der Waals surface area contributed by atoms with Crippen LogP contribution in [-0.2, 0) is 9.53 Å². The van der Waals surface area contributed by atoms with Crippen molar-refractivity contribution in [1.29, 1.82) is 0 Å². The van der Waals surface area contributed by atoms with Gasteiger partial charge in [0.05, 0.1) is 13.2 Å². The Bertz CT molecular complexity index is 365. The summed E-state index contributed by atoms with van der Waals surface area (Å²) in [7, 11) is 0. The van der Waals surface area contributed by atoms with Gasteiger partial charge in [-0.3, -0.25) is 9.59 Å². The van der Waals surface area contributed by atoms with Gasteiger partial charge in [-0.25, -0.2) is 0 Å². The summed E-state index contributed by atoms with van der Waals surface area (Å²) < 4.78 is 5.16. The van der Waals surface area contributed by atoms with E-state index in [4.69, 9.17) is 4.74 Å². The number of carbonyl (C=O) groups is 2. The fourth-order valence-corrected chi connectivity index (χ4v) is 1.90. The number of ether oxygens (including phenoxy) is 1. The molecule has 0 aliphatic heterocycles. The highest BCUT2D eigenvalue weighted by Gasteiger charge is 2.15. The summed E-state index contributed by atoms with van der Waals surface area (Å²) in [5.74, 6) is 0.692. The maximum atomic E-state index is 11.6. The Morgan fingerprint density at radius 2 is 1.88 bits per heavy atom. The lowest BCUT2D eigenvalue weighted by Gasteiger charge is -2.01. The van der Waals surface area contributed by atoms with Crippen molar-refractivity contribution in [3.05, 3.63) is 35.9 Å². The summed E-state index contributed by atoms with van der Waals surface area (Å²) in [4.78, 5) is 23.2. The summed E-state index contributed by atoms with van der Waals surface area (Å²) in [5, 5.41) is -0.439. The number of hydrogen-bond acceptors (Lipinski definition) is 5. The van der Waals surface area contributed by atoms with Crippen LogP contribution in [0.5, 0.6) is 0 Å². The first kappa shape index (κ1) is 14.3. The summed E-state index contributed by atoms with van der Waals surface area (Å²) in [6.45, 7) is 1.02. The van der Waals surface area contributed by atoms with E-state index in [1.807, 2.05) is 0 Å². The predicted molar refractivity (Wildman–Crippen MR) is 72.9 cm³/mol. The van der Waals surface area contributed by atoms with E-state index in [2.05, 4.69) is 12.6 Å². The van der Waals surface area contributed by atoms with Crippen LogP contribution in [0.1, 0.15) is 10.4 Å². The quantitative estimate of drug-likeness (QED) is 0.356. The Hall–Kier alpha value is -0.780. The van der Waals surface area contributed by atoms with Crippen molar-refractivity contribution in [1.82, 2.24) is 0 Å². The molecule has 0 atom stereocenters. The topological polar surface area (TPSA) is 43.4 Å². The monoisotopic (exact) mass is 270 g/mol. The van der Waals surface area contributed by atoms with Gasteiger partial charge in [0.15, 0.2) is 0 Å². The summed E-state index contributed by atoms with van der Waals surface area (Å²) in [5.41, 5.74) is 0.432. The number of thioether (sulfide) groups is 1. The molecule has 0 heterocycles. The first-order chi connectivity index (χ1) is 8.25. The van der Waals surface area contributed by atoms with Gasteiger partial charge in [0.25, 0.3) is 5.12 Å². The standard InChI is InChI=1S/C12H14O3S2/c13-11(10-4-2-1-3-5-10)12(14)17-9-7-15-6-8-16/h1-5,16H,6-9H2. The maximum absolute atomic E-state index is 11.6. The van der Waals surface area contributed by atoms with Gasteiger partial charge in [0, 0.05) is 17.1 Å². The third kappa shape index (κ3) is 5.39. The minimum atomic E-state index is -0.454. The van der Waals surface area contributed by atoms with Gasteiger partial charge in [-0.05, 0) is 0 Å². The molecule has 1 aromatic rings. The van der Waals surface area contributed by atoms with E-state index in [1.165, 1.54) is 0 Å². The van der Waals surface area contributed by atoms with Crippen molar-refractivity contribution < 1.29 is 14.3 Å². The second kappa shape index (κ2) is 8.33. The largest absolute Gasteiger partial charge is 0.380 e. The Kier molecular flexibility index (Phi) is 7.00. The third-order valence-electron chi connectivity index (χ3n) is 1.92. The molecule has 17 heavy (non-hydrogen) atoms. The zero-order valence-corrected chi connectivity index (χ0v) is 11.0. The van der Waals surface area contributed by atoms with Gasteiger partial charge in [0.1, 0.15) is 0 Å². The molecule has 0 amide bonds. The highest BCUT2D eigenvalue weighted by atomic mass is 32.2. The van der Waals surface area contributed by atoms with Gasteiger partial charge >= 0.3 is 0 Å². The van der Waals surface area contributed by atoms with Crippen LogP contribution in [0.3, 0.4) is 0 Å². The minimum Gasteiger partial charge on any atom is -0.380 e. The Morgan fingerprint density at radius 1 is 1.18 bits per heavy atom. The summed E-state index contributed by atoms with van der Waals surface area (Å²) in [6, 6.07) is 8.55. The second-order valence-corrected chi connectivity index (χ2v) is 4.68. The van der Waals surface area contributed by atoms with E-state index in [-0.39, 0.29) is 0 Å². The molecule has 92 valence electrons. The van der Waals surface area contributed by atoms with Crippen LogP contribution < -0.4 is 0 Å². The van der Waals surface area contributed by atoms with Crippen LogP contribution in [0.2, 0.25) is 0 Å². The predicted octanol–water partition coefficient (Wildman–Crippen LogP) is 2.08. The Morgan fingerprint density at radius 3 is 2.53 bits per heavy atom. The Labute approximate surface area is 110 Å². The van der Waals surface area contributed by atoms with Gasteiger partial charge in [-0.15, -0.1) is 0 Å². The smallest absolute Gasteiger partial charge is 0.260 e. The molecule has 0 saturated carbocycles. The van der Waals surface area contributed by atoms with Gasteiger partial charge in [-0.1, -0.05) is 42.1 Å². The van der Waals surface area contributed by atoms with Crippen LogP contribution in [-0.4, -0.2) is 35.6 Å². The van der Waals surface area contributed by atoms with E-state index >= 15 is 0 Å². The van der Waals surface area contributed by atoms with Crippen LogP contribution >= 0.6 is 24.4 Å². The second-order valence-electron chi connectivity index (χ2n) is 3.17. The van der Waals surface area contributed by atoms with E-state index in [9.17, 15) is 9.59 Å². The highest BCUT2D eigenvalue weighted by Crippen LogP contribution is 2.09. The van der Waals surface area contributed by atoms with Crippen molar-refractivity contribution in [3.8, 4) is 0 Å². The maximum Gasteiger partial charge on any atom is 0.260 e. The molecule has 0 unspecified atom stereocenters. The number of benzene rings is 1. The molecule has 5 heteroatoms. The molecule has 0 bridgehead atoms. The molecule has 0 saturated heterocycles. The number of thiol groups is 1. The number of Topliss-reactive ketones (excluding diaryl/α,β-unsaturated/α-hetero) is 1. The van der Waals surface area contributed by atoms with Gasteiger partial charge in [0.2, 0.25) is 5.78 Å². The van der Waals surface area contributed by atoms with E-state index in [0.717, 1.165) is 11.8 Å². The van der Waals surface area contributed by atoms with E-state index in [0.29, 0.717) is 30.3 Å². The Balaban J connectivity index is 2.31. The van der Waals surface area contributed by atoms with E-state index in [1.54, 1.807) is 30.3 Å². The first-order valence-corrected chi connectivity index (χ1v) is 6.82. The molecular formula is C12H14O3S2. The fourth-order valence-electron chi connectivity index (χ4n) is 1.13. The van der Waals surface area contributed by atoms with Crippen molar-refractivity contribution in [2.24, 2.45) is 0 Å². The minimum absolute atomic E-state index is 0.432. The number of rotatable bonds is 7. The lowest BCUT2D eigenvalue weighted by atomic mass is 10.1. The SMILES string of the molecule is O=C(SCCOCCS)C(=O)c1ccccc1. The third-order valence-corrected chi connectivity index (χ3v) is 2.92. The van der Waals surface area contributed by atoms with Crippen LogP contribution in [0.15, 0.2) is 30.3 Å². The molecular weight excluding hydrogens is 256 g/mol. The molecule has 0 spiro atoms. The van der Waals surface area contributed by atoms with Crippen LogP contribution in [0, 0.1) is 0 Å². The van der Waals surface area contributed by atoms with Crippen molar-refractivity contribution in [3.63, 3.8) is 0 Å².